The van der Waals surface area contributed by atoms with E-state index in [1.807, 2.05) is 6.92 Å². The molecule has 0 saturated heterocycles. The summed E-state index contributed by atoms with van der Waals surface area (Å²) in [6.07, 6.45) is 1.08. The molecule has 14 heavy (non-hydrogen) atoms. The van der Waals surface area contributed by atoms with E-state index in [-0.39, 0.29) is 6.54 Å². The summed E-state index contributed by atoms with van der Waals surface area (Å²) in [5.41, 5.74) is 7.08. The third-order valence-electron chi connectivity index (χ3n) is 1.94. The molecule has 0 fully saturated rings. The van der Waals surface area contributed by atoms with Gasteiger partial charge in [0.2, 0.25) is 10.0 Å². The van der Waals surface area contributed by atoms with Crippen molar-refractivity contribution in [3.05, 3.63) is 11.3 Å². The van der Waals surface area contributed by atoms with Gasteiger partial charge in [0, 0.05) is 24.8 Å². The van der Waals surface area contributed by atoms with Crippen LogP contribution in [-0.4, -0.2) is 24.5 Å². The summed E-state index contributed by atoms with van der Waals surface area (Å²) < 4.78 is 25.9. The normalized spacial score (nSPS) is 11.7. The van der Waals surface area contributed by atoms with Gasteiger partial charge < -0.3 is 5.73 Å². The van der Waals surface area contributed by atoms with Gasteiger partial charge in [-0.1, -0.05) is 0 Å². The van der Waals surface area contributed by atoms with Crippen molar-refractivity contribution in [2.24, 2.45) is 12.8 Å². The number of anilines is 1. The Hall–Kier alpha value is -1.08. The van der Waals surface area contributed by atoms with Crippen molar-refractivity contribution in [2.45, 2.75) is 13.5 Å². The van der Waals surface area contributed by atoms with Crippen LogP contribution < -0.4 is 10.5 Å². The molecule has 1 aromatic rings. The predicted octanol–water partition coefficient (Wildman–Crippen LogP) is -0.441. The van der Waals surface area contributed by atoms with Gasteiger partial charge >= 0.3 is 0 Å². The molecule has 0 aliphatic heterocycles. The molecule has 0 amide bonds. The molecule has 80 valence electrons. The fraction of sp³-hybridized carbons (Fsp3) is 0.571. The quantitative estimate of drug-likeness (QED) is 0.719. The van der Waals surface area contributed by atoms with Crippen LogP contribution in [0.4, 0.5) is 5.82 Å². The van der Waals surface area contributed by atoms with Crippen LogP contribution in [0.2, 0.25) is 0 Å². The first-order valence-electron chi connectivity index (χ1n) is 4.05. The zero-order chi connectivity index (χ0) is 10.9. The fourth-order valence-corrected chi connectivity index (χ4v) is 1.67. The minimum atomic E-state index is -3.29. The van der Waals surface area contributed by atoms with Gasteiger partial charge in [-0.15, -0.1) is 0 Å². The summed E-state index contributed by atoms with van der Waals surface area (Å²) in [5.74, 6) is 0.315. The molecule has 6 nitrogen and oxygen atoms in total. The topological polar surface area (TPSA) is 90.0 Å². The number of nitrogens with zero attached hydrogens (tertiary/aromatic N) is 2. The van der Waals surface area contributed by atoms with E-state index in [2.05, 4.69) is 9.82 Å². The molecular weight excluding hydrogens is 204 g/mol. The first-order chi connectivity index (χ1) is 6.35. The van der Waals surface area contributed by atoms with Crippen molar-refractivity contribution >= 4 is 15.8 Å². The maximum absolute atomic E-state index is 11.0. The highest BCUT2D eigenvalue weighted by molar-refractivity contribution is 7.92. The second kappa shape index (κ2) is 3.58. The number of sulfonamides is 1. The Kier molecular flexibility index (Phi) is 2.81. The molecule has 1 rings (SSSR count). The average Bonchev–Trinajstić information content (AvgIpc) is 2.24. The van der Waals surface area contributed by atoms with Crippen molar-refractivity contribution in [1.29, 1.82) is 0 Å². The summed E-state index contributed by atoms with van der Waals surface area (Å²) in [4.78, 5) is 0. The van der Waals surface area contributed by atoms with E-state index in [4.69, 9.17) is 5.73 Å². The zero-order valence-corrected chi connectivity index (χ0v) is 9.22. The Bertz CT molecular complexity index is 435. The molecule has 3 N–H and O–H groups in total. The van der Waals surface area contributed by atoms with E-state index < -0.39 is 10.0 Å². The monoisotopic (exact) mass is 218 g/mol. The summed E-state index contributed by atoms with van der Waals surface area (Å²) in [7, 11) is -1.56. The van der Waals surface area contributed by atoms with Gasteiger partial charge in [-0.25, -0.2) is 8.42 Å². The van der Waals surface area contributed by atoms with Gasteiger partial charge in [0.15, 0.2) is 5.82 Å². The molecule has 0 aliphatic rings. The van der Waals surface area contributed by atoms with E-state index in [0.717, 1.165) is 17.5 Å². The Labute approximate surface area is 83.1 Å². The molecule has 0 saturated carbocycles. The van der Waals surface area contributed by atoms with Gasteiger partial charge in [-0.2, -0.15) is 5.10 Å². The molecule has 0 unspecified atom stereocenters. The van der Waals surface area contributed by atoms with Crippen molar-refractivity contribution in [3.8, 4) is 0 Å². The lowest BCUT2D eigenvalue weighted by molar-refractivity contribution is 0.606. The van der Waals surface area contributed by atoms with Crippen LogP contribution in [0.25, 0.3) is 0 Å². The lowest BCUT2D eigenvalue weighted by atomic mass is 10.2. The molecular formula is C7H14N4O2S. The van der Waals surface area contributed by atoms with Crippen molar-refractivity contribution in [3.63, 3.8) is 0 Å². The second-order valence-electron chi connectivity index (χ2n) is 3.11. The highest BCUT2D eigenvalue weighted by atomic mass is 32.2. The number of aryl methyl sites for hydroxylation is 1. The minimum absolute atomic E-state index is 0.261. The molecule has 0 aromatic carbocycles. The van der Waals surface area contributed by atoms with E-state index in [0.29, 0.717) is 5.82 Å². The number of nitrogens with one attached hydrogen (secondary N) is 1. The first-order valence-corrected chi connectivity index (χ1v) is 5.94. The highest BCUT2D eigenvalue weighted by Gasteiger charge is 2.14. The number of hydrogen-bond acceptors (Lipinski definition) is 4. The molecule has 0 spiro atoms. The highest BCUT2D eigenvalue weighted by Crippen LogP contribution is 2.17. The van der Waals surface area contributed by atoms with E-state index in [9.17, 15) is 8.42 Å². The smallest absolute Gasteiger partial charge is 0.231 e. The minimum Gasteiger partial charge on any atom is -0.326 e. The standard InChI is InChI=1S/C7H14N4O2S/c1-5-6(4-8)7(9-11(5)2)10-14(3,12)13/h4,8H2,1-3H3,(H,9,10). The van der Waals surface area contributed by atoms with Crippen LogP contribution in [0.1, 0.15) is 11.3 Å². The molecule has 0 aliphatic carbocycles. The van der Waals surface area contributed by atoms with Crippen LogP contribution in [0.3, 0.4) is 0 Å². The van der Waals surface area contributed by atoms with Gasteiger partial charge in [0.25, 0.3) is 0 Å². The second-order valence-corrected chi connectivity index (χ2v) is 4.86. The summed E-state index contributed by atoms with van der Waals surface area (Å²) in [6, 6.07) is 0. The van der Waals surface area contributed by atoms with Crippen molar-refractivity contribution < 1.29 is 8.42 Å². The number of rotatable bonds is 3. The lowest BCUT2D eigenvalue weighted by Crippen LogP contribution is -2.12. The first kappa shape index (κ1) is 11.0. The third-order valence-corrected chi connectivity index (χ3v) is 2.51. The molecule has 0 atom stereocenters. The maximum atomic E-state index is 11.0. The van der Waals surface area contributed by atoms with Crippen molar-refractivity contribution in [2.75, 3.05) is 11.0 Å². The lowest BCUT2D eigenvalue weighted by Gasteiger charge is -2.01. The summed E-state index contributed by atoms with van der Waals surface area (Å²) in [5, 5.41) is 4.01. The Balaban J connectivity index is 3.15. The third kappa shape index (κ3) is 2.24. The molecule has 7 heteroatoms. The fourth-order valence-electron chi connectivity index (χ4n) is 1.15. The summed E-state index contributed by atoms with van der Waals surface area (Å²) in [6.45, 7) is 2.10. The number of aromatic nitrogens is 2. The van der Waals surface area contributed by atoms with Crippen LogP contribution in [0, 0.1) is 6.92 Å². The van der Waals surface area contributed by atoms with Gasteiger partial charge in [-0.05, 0) is 6.92 Å². The Morgan fingerprint density at radius 2 is 2.14 bits per heavy atom. The van der Waals surface area contributed by atoms with Crippen molar-refractivity contribution in [1.82, 2.24) is 9.78 Å². The van der Waals surface area contributed by atoms with E-state index >= 15 is 0 Å². The Morgan fingerprint density at radius 3 is 2.57 bits per heavy atom. The van der Waals surface area contributed by atoms with Crippen LogP contribution >= 0.6 is 0 Å². The largest absolute Gasteiger partial charge is 0.326 e. The van der Waals surface area contributed by atoms with Gasteiger partial charge in [0.1, 0.15) is 0 Å². The zero-order valence-electron chi connectivity index (χ0n) is 8.40. The predicted molar refractivity (Wildman–Crippen MR) is 54.3 cm³/mol. The van der Waals surface area contributed by atoms with Crippen LogP contribution in [-0.2, 0) is 23.6 Å². The van der Waals surface area contributed by atoms with Crippen LogP contribution in [0.15, 0.2) is 0 Å². The SMILES string of the molecule is Cc1c(CN)c(NS(C)(=O)=O)nn1C. The van der Waals surface area contributed by atoms with Crippen LogP contribution in [0.5, 0.6) is 0 Å². The average molecular weight is 218 g/mol. The Morgan fingerprint density at radius 1 is 1.57 bits per heavy atom. The molecule has 1 heterocycles. The van der Waals surface area contributed by atoms with Gasteiger partial charge in [0.05, 0.1) is 6.26 Å². The number of nitrogens with two attached hydrogens (primary N) is 1. The summed E-state index contributed by atoms with van der Waals surface area (Å²) >= 11 is 0. The van der Waals surface area contributed by atoms with Gasteiger partial charge in [-0.3, -0.25) is 9.40 Å². The maximum Gasteiger partial charge on any atom is 0.231 e. The molecule has 0 bridgehead atoms. The van der Waals surface area contributed by atoms with E-state index in [1.165, 1.54) is 0 Å². The molecule has 1 aromatic heterocycles. The number of hydrogen-bond donors (Lipinski definition) is 2. The van der Waals surface area contributed by atoms with E-state index in [1.54, 1.807) is 11.7 Å². The molecule has 0 radical (unpaired) electrons.